The molecule has 2 aromatic heterocycles. The van der Waals surface area contributed by atoms with Crippen molar-refractivity contribution in [2.24, 2.45) is 7.05 Å². The number of nitro groups is 1. The monoisotopic (exact) mass is 512 g/mol. The zero-order valence-corrected chi connectivity index (χ0v) is 21.0. The van der Waals surface area contributed by atoms with Crippen LogP contribution in [0.2, 0.25) is 0 Å². The molecule has 0 saturated heterocycles. The summed E-state index contributed by atoms with van der Waals surface area (Å²) in [7, 11) is 8.67. The highest BCUT2D eigenvalue weighted by Gasteiger charge is 2.23. The summed E-state index contributed by atoms with van der Waals surface area (Å²) in [6.07, 6.45) is 1.46. The van der Waals surface area contributed by atoms with Crippen LogP contribution in [0.3, 0.4) is 0 Å². The van der Waals surface area contributed by atoms with E-state index in [2.05, 4.69) is 20.3 Å². The molecule has 0 saturated carbocycles. The topological polar surface area (TPSA) is 114 Å². The molecule has 0 spiro atoms. The molecule has 37 heavy (non-hydrogen) atoms. The number of methoxy groups -OCH3 is 1. The Kier molecular flexibility index (Phi) is 7.16. The zero-order chi connectivity index (χ0) is 26.9. The van der Waals surface area contributed by atoms with Crippen molar-refractivity contribution < 1.29 is 18.4 Å². The largest absolute Gasteiger partial charge is 0.494 e. The first kappa shape index (κ1) is 25.7. The smallest absolute Gasteiger partial charge is 0.294 e. The molecule has 0 fully saturated rings. The van der Waals surface area contributed by atoms with E-state index in [0.717, 1.165) is 12.1 Å². The molecule has 0 unspecified atom stereocenters. The highest BCUT2D eigenvalue weighted by Crippen LogP contribution is 2.39. The molecule has 0 aliphatic heterocycles. The number of aromatic nitrogens is 4. The number of imidazole rings is 1. The predicted octanol–water partition coefficient (Wildman–Crippen LogP) is 3.97. The molecule has 1 N–H and O–H groups in total. The third kappa shape index (κ3) is 5.26. The minimum absolute atomic E-state index is 0.109. The molecule has 4 rings (SSSR count). The Hall–Kier alpha value is -4.39. The Morgan fingerprint density at radius 3 is 2.57 bits per heavy atom. The van der Waals surface area contributed by atoms with Crippen molar-refractivity contribution >= 4 is 34.0 Å². The lowest BCUT2D eigenvalue weighted by Gasteiger charge is -2.22. The summed E-state index contributed by atoms with van der Waals surface area (Å²) in [5, 5.41) is 14.9. The zero-order valence-electron chi connectivity index (χ0n) is 21.0. The van der Waals surface area contributed by atoms with Gasteiger partial charge in [0.05, 0.1) is 23.2 Å². The highest BCUT2D eigenvalue weighted by atomic mass is 19.1. The fourth-order valence-corrected chi connectivity index (χ4v) is 3.90. The van der Waals surface area contributed by atoms with E-state index in [0.29, 0.717) is 36.0 Å². The molecule has 194 valence electrons. The van der Waals surface area contributed by atoms with Crippen LogP contribution < -0.4 is 15.0 Å². The third-order valence-electron chi connectivity index (χ3n) is 5.81. The van der Waals surface area contributed by atoms with Gasteiger partial charge in [-0.2, -0.15) is 0 Å². The van der Waals surface area contributed by atoms with Crippen LogP contribution >= 0.6 is 0 Å². The number of hydrogen-bond acceptors (Lipinski definition) is 9. The molecular formula is C24H26F2N8O3. The number of benzene rings is 2. The molecule has 0 atom stereocenters. The summed E-state index contributed by atoms with van der Waals surface area (Å²) in [6.45, 7) is 1.27. The number of likely N-dealkylation sites (N-methyl/N-ethyl adjacent to an activating group) is 2. The number of hydrogen-bond donors (Lipinski definition) is 1. The van der Waals surface area contributed by atoms with Gasteiger partial charge in [-0.15, -0.1) is 0 Å². The van der Waals surface area contributed by atoms with E-state index in [1.807, 2.05) is 19.0 Å². The maximum Gasteiger partial charge on any atom is 0.294 e. The Balaban J connectivity index is 1.71. The summed E-state index contributed by atoms with van der Waals surface area (Å²) < 4.78 is 35.0. The van der Waals surface area contributed by atoms with Crippen molar-refractivity contribution in [2.75, 3.05) is 51.6 Å². The molecule has 2 aromatic carbocycles. The van der Waals surface area contributed by atoms with Crippen molar-refractivity contribution in [2.45, 2.75) is 0 Å². The Morgan fingerprint density at radius 1 is 1.14 bits per heavy atom. The quantitative estimate of drug-likeness (QED) is 0.263. The number of fused-ring (bicyclic) bond motifs is 1. The van der Waals surface area contributed by atoms with Gasteiger partial charge in [-0.05, 0) is 20.2 Å². The summed E-state index contributed by atoms with van der Waals surface area (Å²) in [5.74, 6) is -0.717. The molecule has 0 aliphatic rings. The van der Waals surface area contributed by atoms with Gasteiger partial charge in [0.25, 0.3) is 5.69 Å². The van der Waals surface area contributed by atoms with Gasteiger partial charge < -0.3 is 24.4 Å². The number of anilines is 3. The van der Waals surface area contributed by atoms with E-state index in [-0.39, 0.29) is 28.4 Å². The van der Waals surface area contributed by atoms with Crippen LogP contribution in [-0.2, 0) is 7.05 Å². The maximum atomic E-state index is 14.3. The van der Waals surface area contributed by atoms with Gasteiger partial charge in [0.1, 0.15) is 28.5 Å². The highest BCUT2D eigenvalue weighted by molar-refractivity contribution is 5.81. The average Bonchev–Trinajstić information content (AvgIpc) is 3.18. The SMILES string of the molecule is COc1cc(N(C)CCN(C)C)c([N+](=O)[O-])cc1Nc1nccc(-c2nc3cc(F)cc(F)c3n2C)n1. The summed E-state index contributed by atoms with van der Waals surface area (Å²) in [6, 6.07) is 6.46. The van der Waals surface area contributed by atoms with Crippen LogP contribution in [0.25, 0.3) is 22.6 Å². The van der Waals surface area contributed by atoms with E-state index in [1.165, 1.54) is 23.9 Å². The maximum absolute atomic E-state index is 14.3. The van der Waals surface area contributed by atoms with Crippen molar-refractivity contribution in [1.29, 1.82) is 0 Å². The molecule has 0 amide bonds. The molecule has 13 heteroatoms. The minimum Gasteiger partial charge on any atom is -0.494 e. The van der Waals surface area contributed by atoms with Crippen molar-refractivity contribution in [3.05, 3.63) is 58.3 Å². The van der Waals surface area contributed by atoms with Crippen LogP contribution in [0.5, 0.6) is 5.75 Å². The number of nitrogens with one attached hydrogen (secondary N) is 1. The number of rotatable bonds is 9. The van der Waals surface area contributed by atoms with Crippen molar-refractivity contribution in [3.8, 4) is 17.3 Å². The lowest BCUT2D eigenvalue weighted by Crippen LogP contribution is -2.28. The van der Waals surface area contributed by atoms with Gasteiger partial charge in [-0.25, -0.2) is 23.7 Å². The van der Waals surface area contributed by atoms with Crippen molar-refractivity contribution in [1.82, 2.24) is 24.4 Å². The van der Waals surface area contributed by atoms with E-state index < -0.39 is 16.6 Å². The standard InChI is InChI=1S/C24H26F2N8O3/c1-31(2)8-9-32(3)19-13-21(37-5)17(12-20(19)34(35)36)30-24-27-7-6-16(29-24)23-28-18-11-14(25)10-15(26)22(18)33(23)4/h6-7,10-13H,8-9H2,1-5H3,(H,27,29,30). The Morgan fingerprint density at radius 2 is 1.89 bits per heavy atom. The second kappa shape index (κ2) is 10.3. The Labute approximate surface area is 211 Å². The average molecular weight is 513 g/mol. The number of nitrogens with zero attached hydrogens (tertiary/aromatic N) is 7. The van der Waals surface area contributed by atoms with E-state index >= 15 is 0 Å². The molecule has 0 aliphatic carbocycles. The van der Waals surface area contributed by atoms with Gasteiger partial charge in [0.15, 0.2) is 11.6 Å². The lowest BCUT2D eigenvalue weighted by atomic mass is 10.2. The normalized spacial score (nSPS) is 11.2. The lowest BCUT2D eigenvalue weighted by molar-refractivity contribution is -0.384. The fourth-order valence-electron chi connectivity index (χ4n) is 3.90. The second-order valence-electron chi connectivity index (χ2n) is 8.66. The summed E-state index contributed by atoms with van der Waals surface area (Å²) >= 11 is 0. The molecular weight excluding hydrogens is 486 g/mol. The van der Waals surface area contributed by atoms with Crippen LogP contribution in [0, 0.1) is 21.7 Å². The molecule has 4 aromatic rings. The van der Waals surface area contributed by atoms with Gasteiger partial charge >= 0.3 is 0 Å². The summed E-state index contributed by atoms with van der Waals surface area (Å²) in [4.78, 5) is 28.2. The number of halogens is 2. The first-order valence-corrected chi connectivity index (χ1v) is 11.2. The molecule has 0 bridgehead atoms. The first-order valence-electron chi connectivity index (χ1n) is 11.2. The second-order valence-corrected chi connectivity index (χ2v) is 8.66. The van der Waals surface area contributed by atoms with Gasteiger partial charge in [0, 0.05) is 57.6 Å². The van der Waals surface area contributed by atoms with Crippen LogP contribution in [0.15, 0.2) is 36.5 Å². The molecule has 0 radical (unpaired) electrons. The molecule has 11 nitrogen and oxygen atoms in total. The van der Waals surface area contributed by atoms with Crippen molar-refractivity contribution in [3.63, 3.8) is 0 Å². The van der Waals surface area contributed by atoms with Gasteiger partial charge in [-0.3, -0.25) is 10.1 Å². The van der Waals surface area contributed by atoms with Crippen LogP contribution in [0.1, 0.15) is 0 Å². The van der Waals surface area contributed by atoms with E-state index in [4.69, 9.17) is 4.74 Å². The van der Waals surface area contributed by atoms with Crippen LogP contribution in [-0.4, -0.2) is 70.7 Å². The Bertz CT molecular complexity index is 1470. The summed E-state index contributed by atoms with van der Waals surface area (Å²) in [5.41, 5.74) is 1.19. The van der Waals surface area contributed by atoms with E-state index in [9.17, 15) is 18.9 Å². The van der Waals surface area contributed by atoms with Gasteiger partial charge in [-0.1, -0.05) is 0 Å². The molecule has 2 heterocycles. The first-order chi connectivity index (χ1) is 17.6. The fraction of sp³-hybridized carbons (Fsp3) is 0.292. The van der Waals surface area contributed by atoms with Crippen LogP contribution in [0.4, 0.5) is 31.8 Å². The predicted molar refractivity (Wildman–Crippen MR) is 136 cm³/mol. The number of ether oxygens (including phenoxy) is 1. The third-order valence-corrected chi connectivity index (χ3v) is 5.81. The minimum atomic E-state index is -0.740. The van der Waals surface area contributed by atoms with E-state index in [1.54, 1.807) is 31.1 Å². The number of aryl methyl sites for hydroxylation is 1. The number of nitro benzene ring substituents is 1. The van der Waals surface area contributed by atoms with Gasteiger partial charge in [0.2, 0.25) is 5.95 Å².